The summed E-state index contributed by atoms with van der Waals surface area (Å²) in [6.45, 7) is 4.16. The van der Waals surface area contributed by atoms with Crippen LogP contribution in [0, 0.1) is 5.92 Å². The van der Waals surface area contributed by atoms with Gasteiger partial charge in [-0.3, -0.25) is 4.79 Å². The van der Waals surface area contributed by atoms with Gasteiger partial charge in [-0.15, -0.1) is 0 Å². The molecular weight excluding hydrogens is 264 g/mol. The molecule has 0 aromatic heterocycles. The summed E-state index contributed by atoms with van der Waals surface area (Å²) in [4.78, 5) is 14.9. The first-order valence-corrected chi connectivity index (χ1v) is 7.90. The lowest BCUT2D eigenvalue weighted by atomic mass is 9.91. The average Bonchev–Trinajstić information content (AvgIpc) is 2.54. The molecule has 2 aliphatic rings. The van der Waals surface area contributed by atoms with Crippen molar-refractivity contribution in [3.8, 4) is 0 Å². The quantitative estimate of drug-likeness (QED) is 0.904. The molecule has 1 saturated heterocycles. The van der Waals surface area contributed by atoms with Crippen molar-refractivity contribution in [1.82, 2.24) is 4.90 Å². The minimum Gasteiger partial charge on any atom is -0.363 e. The number of hydrogen-bond acceptors (Lipinski definition) is 3. The van der Waals surface area contributed by atoms with Crippen molar-refractivity contribution >= 4 is 5.91 Å². The molecule has 2 N–H and O–H groups in total. The van der Waals surface area contributed by atoms with E-state index in [0.717, 1.165) is 31.4 Å². The predicted octanol–water partition coefficient (Wildman–Crippen LogP) is 1.89. The van der Waals surface area contributed by atoms with Crippen molar-refractivity contribution in [1.29, 1.82) is 0 Å². The molecule has 0 spiro atoms. The Bertz CT molecular complexity index is 517. The number of piperidine rings is 1. The van der Waals surface area contributed by atoms with Crippen LogP contribution in [0.2, 0.25) is 0 Å². The molecule has 2 heterocycles. The summed E-state index contributed by atoms with van der Waals surface area (Å²) in [7, 11) is 0. The molecule has 0 bridgehead atoms. The SMILES string of the molecule is CC1CCC(CN)CN1C(=O)C1OCCc2ccccc21. The number of rotatable bonds is 2. The molecule has 21 heavy (non-hydrogen) atoms. The number of nitrogens with zero attached hydrogens (tertiary/aromatic N) is 1. The summed E-state index contributed by atoms with van der Waals surface area (Å²) in [6.07, 6.45) is 2.60. The number of carbonyl (C=O) groups is 1. The summed E-state index contributed by atoms with van der Waals surface area (Å²) in [5, 5.41) is 0. The van der Waals surface area contributed by atoms with Crippen LogP contribution in [0.15, 0.2) is 24.3 Å². The van der Waals surface area contributed by atoms with Crippen molar-refractivity contribution in [2.45, 2.75) is 38.3 Å². The number of nitrogens with two attached hydrogens (primary N) is 1. The third-order valence-corrected chi connectivity index (χ3v) is 4.81. The molecule has 1 aromatic carbocycles. The van der Waals surface area contributed by atoms with E-state index >= 15 is 0 Å². The van der Waals surface area contributed by atoms with Gasteiger partial charge in [0.05, 0.1) is 6.61 Å². The molecule has 4 heteroatoms. The lowest BCUT2D eigenvalue weighted by molar-refractivity contribution is -0.149. The van der Waals surface area contributed by atoms with Gasteiger partial charge in [0, 0.05) is 12.6 Å². The van der Waals surface area contributed by atoms with Gasteiger partial charge in [0.15, 0.2) is 6.10 Å². The molecule has 0 saturated carbocycles. The second kappa shape index (κ2) is 6.16. The highest BCUT2D eigenvalue weighted by atomic mass is 16.5. The van der Waals surface area contributed by atoms with Crippen molar-refractivity contribution < 1.29 is 9.53 Å². The van der Waals surface area contributed by atoms with Crippen LogP contribution in [0.5, 0.6) is 0 Å². The molecule has 3 unspecified atom stereocenters. The standard InChI is InChI=1S/C17H24N2O2/c1-12-6-7-13(10-18)11-19(12)17(20)16-15-5-3-2-4-14(15)8-9-21-16/h2-5,12-13,16H,6-11,18H2,1H3. The summed E-state index contributed by atoms with van der Waals surface area (Å²) >= 11 is 0. The zero-order valence-corrected chi connectivity index (χ0v) is 12.6. The fourth-order valence-corrected chi connectivity index (χ4v) is 3.43. The Balaban J connectivity index is 1.82. The largest absolute Gasteiger partial charge is 0.363 e. The van der Waals surface area contributed by atoms with Crippen LogP contribution in [0.3, 0.4) is 0 Å². The van der Waals surface area contributed by atoms with E-state index in [1.165, 1.54) is 5.56 Å². The molecule has 0 aliphatic carbocycles. The molecule has 1 fully saturated rings. The van der Waals surface area contributed by atoms with E-state index in [1.807, 2.05) is 23.1 Å². The first-order chi connectivity index (χ1) is 10.2. The molecule has 3 rings (SSSR count). The van der Waals surface area contributed by atoms with Crippen LogP contribution in [-0.4, -0.2) is 36.5 Å². The Morgan fingerprint density at radius 1 is 1.38 bits per heavy atom. The topological polar surface area (TPSA) is 55.6 Å². The van der Waals surface area contributed by atoms with Crippen molar-refractivity contribution in [2.75, 3.05) is 19.7 Å². The maximum absolute atomic E-state index is 12.9. The van der Waals surface area contributed by atoms with E-state index in [9.17, 15) is 4.79 Å². The van der Waals surface area contributed by atoms with Crippen LogP contribution < -0.4 is 5.73 Å². The highest BCUT2D eigenvalue weighted by Gasteiger charge is 2.35. The summed E-state index contributed by atoms with van der Waals surface area (Å²) in [5.41, 5.74) is 8.07. The van der Waals surface area contributed by atoms with E-state index < -0.39 is 6.10 Å². The Hall–Kier alpha value is -1.39. The maximum atomic E-state index is 12.9. The average molecular weight is 288 g/mol. The van der Waals surface area contributed by atoms with E-state index in [4.69, 9.17) is 10.5 Å². The molecule has 0 radical (unpaired) electrons. The third-order valence-electron chi connectivity index (χ3n) is 4.81. The van der Waals surface area contributed by atoms with Crippen LogP contribution in [0.25, 0.3) is 0 Å². The molecule has 4 nitrogen and oxygen atoms in total. The smallest absolute Gasteiger partial charge is 0.256 e. The Labute approximate surface area is 126 Å². The third kappa shape index (κ3) is 2.83. The molecule has 1 amide bonds. The van der Waals surface area contributed by atoms with Gasteiger partial charge in [0.2, 0.25) is 0 Å². The Morgan fingerprint density at radius 3 is 3.00 bits per heavy atom. The lowest BCUT2D eigenvalue weighted by Crippen LogP contribution is -2.49. The molecule has 114 valence electrons. The van der Waals surface area contributed by atoms with Gasteiger partial charge in [0.25, 0.3) is 5.91 Å². The maximum Gasteiger partial charge on any atom is 0.256 e. The zero-order valence-electron chi connectivity index (χ0n) is 12.6. The predicted molar refractivity (Wildman–Crippen MR) is 81.8 cm³/mol. The number of hydrogen-bond donors (Lipinski definition) is 1. The van der Waals surface area contributed by atoms with Gasteiger partial charge in [0.1, 0.15) is 0 Å². The minimum absolute atomic E-state index is 0.104. The number of benzene rings is 1. The second-order valence-electron chi connectivity index (χ2n) is 6.22. The first kappa shape index (κ1) is 14.5. The minimum atomic E-state index is -0.436. The number of likely N-dealkylation sites (tertiary alicyclic amines) is 1. The molecule has 1 aromatic rings. The summed E-state index contributed by atoms with van der Waals surface area (Å²) in [5.74, 6) is 0.525. The fourth-order valence-electron chi connectivity index (χ4n) is 3.43. The van der Waals surface area contributed by atoms with E-state index in [2.05, 4.69) is 13.0 Å². The zero-order chi connectivity index (χ0) is 14.8. The van der Waals surface area contributed by atoms with Crippen LogP contribution in [0.1, 0.15) is 37.0 Å². The van der Waals surface area contributed by atoms with Gasteiger partial charge in [-0.25, -0.2) is 0 Å². The highest BCUT2D eigenvalue weighted by Crippen LogP contribution is 2.31. The van der Waals surface area contributed by atoms with Gasteiger partial charge >= 0.3 is 0 Å². The summed E-state index contributed by atoms with van der Waals surface area (Å²) < 4.78 is 5.81. The van der Waals surface area contributed by atoms with Gasteiger partial charge in [-0.1, -0.05) is 24.3 Å². The normalized spacial score (nSPS) is 29.0. The number of carbonyl (C=O) groups excluding carboxylic acids is 1. The van der Waals surface area contributed by atoms with Crippen LogP contribution in [0.4, 0.5) is 0 Å². The molecule has 3 atom stereocenters. The monoisotopic (exact) mass is 288 g/mol. The van der Waals surface area contributed by atoms with E-state index in [1.54, 1.807) is 0 Å². The second-order valence-corrected chi connectivity index (χ2v) is 6.22. The van der Waals surface area contributed by atoms with Crippen molar-refractivity contribution in [2.24, 2.45) is 11.7 Å². The van der Waals surface area contributed by atoms with Crippen molar-refractivity contribution in [3.63, 3.8) is 0 Å². The van der Waals surface area contributed by atoms with Crippen LogP contribution >= 0.6 is 0 Å². The van der Waals surface area contributed by atoms with Gasteiger partial charge in [-0.05, 0) is 49.8 Å². The number of ether oxygens (including phenoxy) is 1. The van der Waals surface area contributed by atoms with Crippen molar-refractivity contribution in [3.05, 3.63) is 35.4 Å². The van der Waals surface area contributed by atoms with E-state index in [-0.39, 0.29) is 11.9 Å². The Morgan fingerprint density at radius 2 is 2.19 bits per heavy atom. The Kier molecular flexibility index (Phi) is 4.27. The first-order valence-electron chi connectivity index (χ1n) is 7.90. The lowest BCUT2D eigenvalue weighted by Gasteiger charge is -2.40. The van der Waals surface area contributed by atoms with Gasteiger partial charge in [-0.2, -0.15) is 0 Å². The summed E-state index contributed by atoms with van der Waals surface area (Å²) in [6, 6.07) is 8.40. The van der Waals surface area contributed by atoms with E-state index in [0.29, 0.717) is 19.1 Å². The number of amides is 1. The molecular formula is C17H24N2O2. The van der Waals surface area contributed by atoms with Crippen LogP contribution in [-0.2, 0) is 16.0 Å². The number of fused-ring (bicyclic) bond motifs is 1. The fraction of sp³-hybridized carbons (Fsp3) is 0.588. The van der Waals surface area contributed by atoms with Gasteiger partial charge < -0.3 is 15.4 Å². The highest BCUT2D eigenvalue weighted by molar-refractivity contribution is 5.83. The molecule has 2 aliphatic heterocycles.